The summed E-state index contributed by atoms with van der Waals surface area (Å²) < 4.78 is 7.51. The highest BCUT2D eigenvalue weighted by Crippen LogP contribution is 2.27. The molecule has 0 bridgehead atoms. The topological polar surface area (TPSA) is 51.4 Å². The van der Waals surface area contributed by atoms with E-state index in [1.165, 1.54) is 27.9 Å². The fourth-order valence-electron chi connectivity index (χ4n) is 3.40. The van der Waals surface area contributed by atoms with Gasteiger partial charge < -0.3 is 9.30 Å². The second-order valence-electron chi connectivity index (χ2n) is 6.40. The number of anilines is 1. The van der Waals surface area contributed by atoms with Crippen molar-refractivity contribution in [1.82, 2.24) is 9.55 Å². The van der Waals surface area contributed by atoms with E-state index in [0.717, 1.165) is 34.2 Å². The van der Waals surface area contributed by atoms with Gasteiger partial charge in [0.25, 0.3) is 0 Å². The van der Waals surface area contributed by atoms with Gasteiger partial charge in [-0.05, 0) is 44.2 Å². The van der Waals surface area contributed by atoms with Gasteiger partial charge in [0.05, 0.1) is 19.0 Å². The molecule has 0 aliphatic carbocycles. The maximum atomic E-state index is 5.20. The minimum Gasteiger partial charge on any atom is -0.497 e. The van der Waals surface area contributed by atoms with E-state index >= 15 is 0 Å². The molecule has 6 heteroatoms. The molecule has 142 valence electrons. The first-order valence-corrected chi connectivity index (χ1v) is 10.1. The predicted octanol–water partition coefficient (Wildman–Crippen LogP) is 5.55. The Bertz CT molecular complexity index is 1130. The van der Waals surface area contributed by atoms with E-state index in [0.29, 0.717) is 0 Å². The molecule has 2 aromatic heterocycles. The lowest BCUT2D eigenvalue weighted by molar-refractivity contribution is 0.415. The van der Waals surface area contributed by atoms with Crippen molar-refractivity contribution in [2.75, 3.05) is 12.5 Å². The molecule has 4 aromatic rings. The molecule has 1 N–H and O–H groups in total. The number of hydrogen-bond acceptors (Lipinski definition) is 5. The number of rotatable bonds is 6. The molecular weight excluding hydrogens is 368 g/mol. The molecular formula is C22H22N4OS. The maximum absolute atomic E-state index is 5.20. The summed E-state index contributed by atoms with van der Waals surface area (Å²) in [7, 11) is 1.66. The number of benzene rings is 2. The number of fused-ring (bicyclic) bond motifs is 1. The van der Waals surface area contributed by atoms with Crippen molar-refractivity contribution in [3.05, 3.63) is 65.2 Å². The SMILES string of the molecule is CCn1c(C)c(/C=N\Nc2nc(-c3ccc(OC)cc3)cs2)c2ccccc21. The van der Waals surface area contributed by atoms with Gasteiger partial charge >= 0.3 is 0 Å². The van der Waals surface area contributed by atoms with E-state index in [2.05, 4.69) is 58.2 Å². The Balaban J connectivity index is 1.54. The van der Waals surface area contributed by atoms with Crippen molar-refractivity contribution in [1.29, 1.82) is 0 Å². The van der Waals surface area contributed by atoms with Crippen molar-refractivity contribution in [2.24, 2.45) is 5.10 Å². The Hall–Kier alpha value is -3.12. The summed E-state index contributed by atoms with van der Waals surface area (Å²) in [4.78, 5) is 4.62. The zero-order valence-corrected chi connectivity index (χ0v) is 17.0. The van der Waals surface area contributed by atoms with Gasteiger partial charge in [-0.1, -0.05) is 18.2 Å². The van der Waals surface area contributed by atoms with E-state index < -0.39 is 0 Å². The molecule has 0 unspecified atom stereocenters. The molecule has 0 saturated carbocycles. The van der Waals surface area contributed by atoms with Crippen molar-refractivity contribution in [2.45, 2.75) is 20.4 Å². The van der Waals surface area contributed by atoms with Crippen LogP contribution in [0.5, 0.6) is 5.75 Å². The number of hydrogen-bond donors (Lipinski definition) is 1. The van der Waals surface area contributed by atoms with Crippen LogP contribution >= 0.6 is 11.3 Å². The number of aryl methyl sites for hydroxylation is 1. The van der Waals surface area contributed by atoms with Gasteiger partial charge in [0, 0.05) is 39.6 Å². The Morgan fingerprint density at radius 3 is 2.71 bits per heavy atom. The van der Waals surface area contributed by atoms with Gasteiger partial charge in [-0.2, -0.15) is 5.10 Å². The first-order chi connectivity index (χ1) is 13.7. The molecule has 0 spiro atoms. The third-order valence-corrected chi connectivity index (χ3v) is 5.59. The summed E-state index contributed by atoms with van der Waals surface area (Å²) in [5, 5.41) is 8.44. The van der Waals surface area contributed by atoms with Crippen molar-refractivity contribution >= 4 is 33.6 Å². The van der Waals surface area contributed by atoms with E-state index in [1.54, 1.807) is 7.11 Å². The van der Waals surface area contributed by atoms with Crippen LogP contribution in [0.1, 0.15) is 18.2 Å². The van der Waals surface area contributed by atoms with Crippen LogP contribution in [0.15, 0.2) is 59.0 Å². The average Bonchev–Trinajstić information content (AvgIpc) is 3.31. The van der Waals surface area contributed by atoms with Crippen LogP contribution in [0.4, 0.5) is 5.13 Å². The highest BCUT2D eigenvalue weighted by atomic mass is 32.1. The predicted molar refractivity (Wildman–Crippen MR) is 118 cm³/mol. The molecule has 0 amide bonds. The van der Waals surface area contributed by atoms with Crippen LogP contribution in [-0.2, 0) is 6.54 Å². The lowest BCUT2D eigenvalue weighted by Gasteiger charge is -2.03. The molecule has 0 radical (unpaired) electrons. The molecule has 2 aromatic carbocycles. The minimum atomic E-state index is 0.763. The van der Waals surface area contributed by atoms with E-state index in [4.69, 9.17) is 4.74 Å². The zero-order chi connectivity index (χ0) is 19.5. The van der Waals surface area contributed by atoms with Gasteiger partial charge in [-0.3, -0.25) is 5.43 Å². The number of nitrogens with zero attached hydrogens (tertiary/aromatic N) is 3. The smallest absolute Gasteiger partial charge is 0.203 e. The van der Waals surface area contributed by atoms with Gasteiger partial charge in [0.2, 0.25) is 5.13 Å². The van der Waals surface area contributed by atoms with Crippen LogP contribution in [0.25, 0.3) is 22.2 Å². The van der Waals surface area contributed by atoms with Crippen LogP contribution < -0.4 is 10.2 Å². The minimum absolute atomic E-state index is 0.763. The number of methoxy groups -OCH3 is 1. The largest absolute Gasteiger partial charge is 0.497 e. The molecule has 28 heavy (non-hydrogen) atoms. The molecule has 5 nitrogen and oxygen atoms in total. The summed E-state index contributed by atoms with van der Waals surface area (Å²) in [6, 6.07) is 16.3. The lowest BCUT2D eigenvalue weighted by atomic mass is 10.1. The molecule has 2 heterocycles. The van der Waals surface area contributed by atoms with Gasteiger partial charge in [0.1, 0.15) is 5.75 Å². The molecule has 0 aliphatic heterocycles. The Morgan fingerprint density at radius 1 is 1.18 bits per heavy atom. The van der Waals surface area contributed by atoms with Crippen molar-refractivity contribution < 1.29 is 4.74 Å². The highest BCUT2D eigenvalue weighted by molar-refractivity contribution is 7.14. The van der Waals surface area contributed by atoms with E-state index in [1.807, 2.05) is 35.9 Å². The Morgan fingerprint density at radius 2 is 1.96 bits per heavy atom. The number of nitrogens with one attached hydrogen (secondary N) is 1. The first-order valence-electron chi connectivity index (χ1n) is 9.18. The highest BCUT2D eigenvalue weighted by Gasteiger charge is 2.11. The third kappa shape index (κ3) is 3.39. The monoisotopic (exact) mass is 390 g/mol. The standard InChI is InChI=1S/C22H22N4OS/c1-4-26-15(2)19(18-7-5-6-8-21(18)26)13-23-25-22-24-20(14-28-22)16-9-11-17(27-3)12-10-16/h5-14H,4H2,1-3H3,(H,24,25)/b23-13-. The third-order valence-electron chi connectivity index (χ3n) is 4.84. The van der Waals surface area contributed by atoms with Gasteiger partial charge in [-0.25, -0.2) is 4.98 Å². The molecule has 0 saturated heterocycles. The maximum Gasteiger partial charge on any atom is 0.203 e. The average molecular weight is 391 g/mol. The number of para-hydroxylation sites is 1. The fourth-order valence-corrected chi connectivity index (χ4v) is 4.07. The summed E-state index contributed by atoms with van der Waals surface area (Å²) in [5.74, 6) is 0.837. The normalized spacial score (nSPS) is 11.4. The van der Waals surface area contributed by atoms with Gasteiger partial charge in [0.15, 0.2) is 0 Å². The Labute approximate surface area is 168 Å². The molecule has 0 atom stereocenters. The molecule has 0 fully saturated rings. The quantitative estimate of drug-likeness (QED) is 0.347. The number of hydrazone groups is 1. The lowest BCUT2D eigenvalue weighted by Crippen LogP contribution is -1.97. The van der Waals surface area contributed by atoms with Crippen LogP contribution in [0, 0.1) is 6.92 Å². The number of thiazole rings is 1. The molecule has 0 aliphatic rings. The van der Waals surface area contributed by atoms with E-state index in [-0.39, 0.29) is 0 Å². The van der Waals surface area contributed by atoms with Crippen molar-refractivity contribution in [3.63, 3.8) is 0 Å². The van der Waals surface area contributed by atoms with Crippen LogP contribution in [0.3, 0.4) is 0 Å². The zero-order valence-electron chi connectivity index (χ0n) is 16.1. The van der Waals surface area contributed by atoms with Gasteiger partial charge in [-0.15, -0.1) is 11.3 Å². The summed E-state index contributed by atoms with van der Waals surface area (Å²) in [6.45, 7) is 5.23. The van der Waals surface area contributed by atoms with E-state index in [9.17, 15) is 0 Å². The second kappa shape index (κ2) is 7.86. The van der Waals surface area contributed by atoms with Crippen molar-refractivity contribution in [3.8, 4) is 17.0 Å². The molecule has 4 rings (SSSR count). The summed E-state index contributed by atoms with van der Waals surface area (Å²) >= 11 is 1.53. The summed E-state index contributed by atoms with van der Waals surface area (Å²) in [5.41, 5.74) is 8.63. The summed E-state index contributed by atoms with van der Waals surface area (Å²) in [6.07, 6.45) is 1.89. The van der Waals surface area contributed by atoms with Crippen LogP contribution in [-0.4, -0.2) is 22.9 Å². The number of aromatic nitrogens is 2. The Kier molecular flexibility index (Phi) is 5.12. The first kappa shape index (κ1) is 18.3. The van der Waals surface area contributed by atoms with Crippen LogP contribution in [0.2, 0.25) is 0 Å². The second-order valence-corrected chi connectivity index (χ2v) is 7.25. The fraction of sp³-hybridized carbons (Fsp3) is 0.182. The number of ether oxygens (including phenoxy) is 1.